The maximum atomic E-state index is 10.3. The normalized spacial score (nSPS) is 28.3. The van der Waals surface area contributed by atoms with Crippen LogP contribution >= 0.6 is 11.8 Å². The highest BCUT2D eigenvalue weighted by atomic mass is 32.2. The first kappa shape index (κ1) is 15.2. The average molecular weight is 323 g/mol. The first-order valence-electron chi connectivity index (χ1n) is 6.76. The lowest BCUT2D eigenvalue weighted by molar-refractivity contribution is -0.0288. The van der Waals surface area contributed by atoms with Crippen molar-refractivity contribution >= 4 is 28.7 Å². The van der Waals surface area contributed by atoms with Crippen LogP contribution in [-0.2, 0) is 4.74 Å². The molecule has 3 rings (SSSR count). The number of anilines is 1. The molecular weight excluding hydrogens is 306 g/mol. The summed E-state index contributed by atoms with van der Waals surface area (Å²) in [6, 6.07) is 0. The molecule has 8 nitrogen and oxygen atoms in total. The topological polar surface area (TPSA) is 119 Å². The molecular formula is C13H17N5O3S. The standard InChI is InChI=1S/C13H17N5O3S/c1-2-3-22-4-7-9(19)10(20)13(21-7)18-6-17-8-11(14)15-5-16-12(8)18/h2,5-7,9-10,13,19-20H,1,3-4H2,(H2,14,15,16)/t7-,9-,10-,13-/m1/s1. The first-order chi connectivity index (χ1) is 10.6. The molecule has 2 aromatic heterocycles. The van der Waals surface area contributed by atoms with E-state index < -0.39 is 24.5 Å². The summed E-state index contributed by atoms with van der Waals surface area (Å²) in [6.07, 6.45) is 1.32. The van der Waals surface area contributed by atoms with E-state index in [4.69, 9.17) is 10.5 Å². The van der Waals surface area contributed by atoms with E-state index in [-0.39, 0.29) is 5.82 Å². The zero-order valence-electron chi connectivity index (χ0n) is 11.7. The van der Waals surface area contributed by atoms with Crippen molar-refractivity contribution in [2.75, 3.05) is 17.2 Å². The lowest BCUT2D eigenvalue weighted by Gasteiger charge is -2.16. The van der Waals surface area contributed by atoms with Crippen LogP contribution in [-0.4, -0.2) is 59.5 Å². The van der Waals surface area contributed by atoms with Crippen LogP contribution in [0.3, 0.4) is 0 Å². The number of aliphatic hydroxyl groups is 2. The molecule has 9 heteroatoms. The number of ether oxygens (including phenoxy) is 1. The van der Waals surface area contributed by atoms with Crippen LogP contribution < -0.4 is 5.73 Å². The van der Waals surface area contributed by atoms with Gasteiger partial charge in [-0.2, -0.15) is 11.8 Å². The van der Waals surface area contributed by atoms with Crippen molar-refractivity contribution in [2.24, 2.45) is 0 Å². The van der Waals surface area contributed by atoms with Crippen LogP contribution in [0.5, 0.6) is 0 Å². The number of hydrogen-bond acceptors (Lipinski definition) is 8. The van der Waals surface area contributed by atoms with Gasteiger partial charge >= 0.3 is 0 Å². The van der Waals surface area contributed by atoms with E-state index in [1.165, 1.54) is 12.7 Å². The van der Waals surface area contributed by atoms with Gasteiger partial charge in [0.1, 0.15) is 24.1 Å². The van der Waals surface area contributed by atoms with E-state index in [1.807, 2.05) is 0 Å². The summed E-state index contributed by atoms with van der Waals surface area (Å²) < 4.78 is 7.36. The fourth-order valence-electron chi connectivity index (χ4n) is 2.42. The molecule has 1 aliphatic rings. The Hall–Kier alpha value is -1.68. The number of nitrogens with two attached hydrogens (primary N) is 1. The zero-order chi connectivity index (χ0) is 15.7. The maximum Gasteiger partial charge on any atom is 0.167 e. The highest BCUT2D eigenvalue weighted by Crippen LogP contribution is 2.33. The molecule has 0 aliphatic carbocycles. The largest absolute Gasteiger partial charge is 0.387 e. The highest BCUT2D eigenvalue weighted by molar-refractivity contribution is 7.99. The fourth-order valence-corrected chi connectivity index (χ4v) is 3.23. The van der Waals surface area contributed by atoms with E-state index in [0.717, 1.165) is 5.75 Å². The number of rotatable bonds is 5. The average Bonchev–Trinajstić information content (AvgIpc) is 3.05. The molecule has 0 unspecified atom stereocenters. The van der Waals surface area contributed by atoms with Crippen LogP contribution in [0.2, 0.25) is 0 Å². The molecule has 0 aromatic carbocycles. The second kappa shape index (κ2) is 6.21. The predicted molar refractivity (Wildman–Crippen MR) is 83.2 cm³/mol. The number of aliphatic hydroxyl groups excluding tert-OH is 2. The Balaban J connectivity index is 1.84. The van der Waals surface area contributed by atoms with Gasteiger partial charge < -0.3 is 20.7 Å². The first-order valence-corrected chi connectivity index (χ1v) is 7.92. The number of fused-ring (bicyclic) bond motifs is 1. The molecule has 1 saturated heterocycles. The molecule has 0 amide bonds. The van der Waals surface area contributed by atoms with Gasteiger partial charge in [-0.1, -0.05) is 6.08 Å². The monoisotopic (exact) mass is 323 g/mol. The van der Waals surface area contributed by atoms with Gasteiger partial charge in [-0.15, -0.1) is 6.58 Å². The lowest BCUT2D eigenvalue weighted by atomic mass is 10.1. The van der Waals surface area contributed by atoms with Crippen LogP contribution in [0.25, 0.3) is 11.2 Å². The number of imidazole rings is 1. The lowest BCUT2D eigenvalue weighted by Crippen LogP contribution is -2.32. The molecule has 3 heterocycles. The smallest absolute Gasteiger partial charge is 0.167 e. The van der Waals surface area contributed by atoms with Crippen molar-refractivity contribution in [3.8, 4) is 0 Å². The van der Waals surface area contributed by atoms with Crippen LogP contribution in [0, 0.1) is 0 Å². The highest BCUT2D eigenvalue weighted by Gasteiger charge is 2.44. The SMILES string of the molecule is C=CCSC[C@H]1O[C@@H](n2cnc3c(N)ncnc32)[C@H](O)[C@@H]1O. The second-order valence-electron chi connectivity index (χ2n) is 4.96. The third-order valence-corrected chi connectivity index (χ3v) is 4.55. The minimum atomic E-state index is -1.07. The van der Waals surface area contributed by atoms with Gasteiger partial charge in [0.25, 0.3) is 0 Å². The van der Waals surface area contributed by atoms with Gasteiger partial charge in [0.2, 0.25) is 0 Å². The number of aromatic nitrogens is 4. The van der Waals surface area contributed by atoms with Crippen molar-refractivity contribution in [1.29, 1.82) is 0 Å². The molecule has 4 atom stereocenters. The third kappa shape index (κ3) is 2.56. The molecule has 2 aromatic rings. The van der Waals surface area contributed by atoms with E-state index in [2.05, 4.69) is 21.5 Å². The molecule has 4 N–H and O–H groups in total. The molecule has 1 aliphatic heterocycles. The molecule has 0 radical (unpaired) electrons. The molecule has 0 spiro atoms. The molecule has 22 heavy (non-hydrogen) atoms. The second-order valence-corrected chi connectivity index (χ2v) is 6.03. The molecule has 1 fully saturated rings. The molecule has 0 saturated carbocycles. The van der Waals surface area contributed by atoms with Crippen molar-refractivity contribution in [3.05, 3.63) is 25.3 Å². The van der Waals surface area contributed by atoms with E-state index in [9.17, 15) is 10.2 Å². The summed E-state index contributed by atoms with van der Waals surface area (Å²) >= 11 is 1.58. The van der Waals surface area contributed by atoms with Crippen LogP contribution in [0.4, 0.5) is 5.82 Å². The Morgan fingerprint density at radius 2 is 2.18 bits per heavy atom. The Kier molecular flexibility index (Phi) is 4.30. The van der Waals surface area contributed by atoms with E-state index in [1.54, 1.807) is 22.4 Å². The fraction of sp³-hybridized carbons (Fsp3) is 0.462. The third-order valence-electron chi connectivity index (χ3n) is 3.52. The number of thioether (sulfide) groups is 1. The quantitative estimate of drug-likeness (QED) is 0.517. The Morgan fingerprint density at radius 3 is 2.95 bits per heavy atom. The summed E-state index contributed by atoms with van der Waals surface area (Å²) in [5.41, 5.74) is 6.65. The van der Waals surface area contributed by atoms with Crippen molar-refractivity contribution < 1.29 is 14.9 Å². The minimum Gasteiger partial charge on any atom is -0.387 e. The maximum absolute atomic E-state index is 10.3. The van der Waals surface area contributed by atoms with Gasteiger partial charge in [-0.05, 0) is 0 Å². The van der Waals surface area contributed by atoms with Crippen molar-refractivity contribution in [1.82, 2.24) is 19.5 Å². The summed E-state index contributed by atoms with van der Waals surface area (Å²) in [6.45, 7) is 3.64. The Bertz CT molecular complexity index is 679. The molecule has 0 bridgehead atoms. The van der Waals surface area contributed by atoms with Gasteiger partial charge in [-0.3, -0.25) is 4.57 Å². The van der Waals surface area contributed by atoms with E-state index in [0.29, 0.717) is 16.9 Å². The Morgan fingerprint density at radius 1 is 1.36 bits per heavy atom. The summed E-state index contributed by atoms with van der Waals surface area (Å²) in [7, 11) is 0. The number of nitrogens with zero attached hydrogens (tertiary/aromatic N) is 4. The van der Waals surface area contributed by atoms with Crippen molar-refractivity contribution in [2.45, 2.75) is 24.5 Å². The van der Waals surface area contributed by atoms with Gasteiger partial charge in [0.05, 0.1) is 12.4 Å². The Labute approximate surface area is 131 Å². The van der Waals surface area contributed by atoms with E-state index >= 15 is 0 Å². The summed E-state index contributed by atoms with van der Waals surface area (Å²) in [5, 5.41) is 20.4. The summed E-state index contributed by atoms with van der Waals surface area (Å²) in [5.74, 6) is 1.57. The summed E-state index contributed by atoms with van der Waals surface area (Å²) in [4.78, 5) is 12.1. The van der Waals surface area contributed by atoms with Crippen LogP contribution in [0.15, 0.2) is 25.3 Å². The van der Waals surface area contributed by atoms with Gasteiger partial charge in [0.15, 0.2) is 17.7 Å². The van der Waals surface area contributed by atoms with Crippen molar-refractivity contribution in [3.63, 3.8) is 0 Å². The number of hydrogen-bond donors (Lipinski definition) is 3. The predicted octanol–water partition coefficient (Wildman–Crippen LogP) is -0.0531. The van der Waals surface area contributed by atoms with Crippen LogP contribution in [0.1, 0.15) is 6.23 Å². The minimum absolute atomic E-state index is 0.259. The van der Waals surface area contributed by atoms with Gasteiger partial charge in [-0.25, -0.2) is 15.0 Å². The molecule has 118 valence electrons. The number of nitrogen functional groups attached to an aromatic ring is 1. The van der Waals surface area contributed by atoms with Gasteiger partial charge in [0, 0.05) is 11.5 Å². The zero-order valence-corrected chi connectivity index (χ0v) is 12.6.